The fraction of sp³-hybridized carbons (Fsp3) is 0.688. The second-order valence-electron chi connectivity index (χ2n) is 6.58. The molecular weight excluding hydrogens is 344 g/mol. The van der Waals surface area contributed by atoms with Gasteiger partial charge < -0.3 is 10.2 Å². The Labute approximate surface area is 140 Å². The topological polar surface area (TPSA) is 58.1 Å². The zero-order valence-corrected chi connectivity index (χ0v) is 14.6. The Balaban J connectivity index is 1.44. The van der Waals surface area contributed by atoms with E-state index in [9.17, 15) is 4.79 Å². The van der Waals surface area contributed by atoms with Crippen molar-refractivity contribution in [2.24, 2.45) is 11.8 Å². The lowest BCUT2D eigenvalue weighted by Gasteiger charge is -2.30. The largest absolute Gasteiger partial charge is 0.353 e. The molecule has 1 aromatic rings. The summed E-state index contributed by atoms with van der Waals surface area (Å²) in [6, 6.07) is 0.478. The number of carbonyl (C=O) groups is 1. The maximum atomic E-state index is 12.1. The summed E-state index contributed by atoms with van der Waals surface area (Å²) in [5.41, 5.74) is 0. The Hall–Kier alpha value is -1.17. The van der Waals surface area contributed by atoms with Crippen LogP contribution in [0.3, 0.4) is 0 Å². The number of amides is 1. The smallest absolute Gasteiger partial charge is 0.225 e. The predicted molar refractivity (Wildman–Crippen MR) is 89.6 cm³/mol. The molecule has 2 saturated carbocycles. The van der Waals surface area contributed by atoms with Gasteiger partial charge in [-0.05, 0) is 60.4 Å². The van der Waals surface area contributed by atoms with E-state index >= 15 is 0 Å². The molecule has 2 aliphatic rings. The number of anilines is 1. The van der Waals surface area contributed by atoms with E-state index in [0.717, 1.165) is 42.6 Å². The van der Waals surface area contributed by atoms with Crippen LogP contribution in [0.4, 0.5) is 5.95 Å². The van der Waals surface area contributed by atoms with Crippen molar-refractivity contribution >= 4 is 27.8 Å². The van der Waals surface area contributed by atoms with Crippen LogP contribution in [0.25, 0.3) is 0 Å². The standard InChI is InChI=1S/C16H23BrN4O/c1-21(16-18-8-13(17)9-19-16)10-11-2-4-12(5-3-11)15(22)20-14-6-7-14/h8-9,11-12,14H,2-7,10H2,1H3,(H,20,22). The van der Waals surface area contributed by atoms with Crippen molar-refractivity contribution in [2.75, 3.05) is 18.5 Å². The molecule has 6 heteroatoms. The molecule has 1 N–H and O–H groups in total. The van der Waals surface area contributed by atoms with Crippen LogP contribution < -0.4 is 10.2 Å². The van der Waals surface area contributed by atoms with Gasteiger partial charge in [0.2, 0.25) is 11.9 Å². The monoisotopic (exact) mass is 366 g/mol. The molecule has 0 atom stereocenters. The van der Waals surface area contributed by atoms with Gasteiger partial charge in [0.25, 0.3) is 0 Å². The number of hydrogen-bond donors (Lipinski definition) is 1. The zero-order chi connectivity index (χ0) is 15.5. The number of aromatic nitrogens is 2. The molecule has 0 radical (unpaired) electrons. The lowest BCUT2D eigenvalue weighted by molar-refractivity contribution is -0.126. The van der Waals surface area contributed by atoms with Gasteiger partial charge in [0.1, 0.15) is 0 Å². The lowest BCUT2D eigenvalue weighted by atomic mass is 9.81. The lowest BCUT2D eigenvalue weighted by Crippen LogP contribution is -2.36. The van der Waals surface area contributed by atoms with Crippen molar-refractivity contribution in [1.29, 1.82) is 0 Å². The molecule has 2 aliphatic carbocycles. The number of nitrogens with one attached hydrogen (secondary N) is 1. The second kappa shape index (κ2) is 6.94. The molecule has 1 amide bonds. The molecule has 22 heavy (non-hydrogen) atoms. The van der Waals surface area contributed by atoms with Crippen LogP contribution in [0.5, 0.6) is 0 Å². The minimum absolute atomic E-state index is 0.228. The van der Waals surface area contributed by atoms with Gasteiger partial charge in [0, 0.05) is 37.9 Å². The van der Waals surface area contributed by atoms with Crippen LogP contribution in [-0.2, 0) is 4.79 Å². The Morgan fingerprint density at radius 3 is 2.45 bits per heavy atom. The van der Waals surface area contributed by atoms with Gasteiger partial charge in [-0.2, -0.15) is 0 Å². The summed E-state index contributed by atoms with van der Waals surface area (Å²) in [7, 11) is 2.04. The van der Waals surface area contributed by atoms with E-state index in [2.05, 4.69) is 36.1 Å². The van der Waals surface area contributed by atoms with Gasteiger partial charge in [-0.1, -0.05) is 0 Å². The molecule has 0 aromatic carbocycles. The third-order valence-corrected chi connectivity index (χ3v) is 5.03. The number of hydrogen-bond acceptors (Lipinski definition) is 4. The first-order chi connectivity index (χ1) is 10.6. The maximum absolute atomic E-state index is 12.1. The van der Waals surface area contributed by atoms with E-state index in [1.165, 1.54) is 12.8 Å². The van der Waals surface area contributed by atoms with Gasteiger partial charge in [-0.25, -0.2) is 9.97 Å². The highest BCUT2D eigenvalue weighted by Crippen LogP contribution is 2.31. The Bertz CT molecular complexity index is 509. The van der Waals surface area contributed by atoms with Crippen LogP contribution in [0.2, 0.25) is 0 Å². The average molecular weight is 367 g/mol. The molecule has 120 valence electrons. The SMILES string of the molecule is CN(CC1CCC(C(=O)NC2CC2)CC1)c1ncc(Br)cn1. The van der Waals surface area contributed by atoms with E-state index in [-0.39, 0.29) is 11.8 Å². The molecule has 0 saturated heterocycles. The molecule has 5 nitrogen and oxygen atoms in total. The molecule has 1 heterocycles. The summed E-state index contributed by atoms with van der Waals surface area (Å²) in [5.74, 6) is 1.90. The molecule has 0 bridgehead atoms. The fourth-order valence-corrected chi connectivity index (χ4v) is 3.33. The first-order valence-electron chi connectivity index (χ1n) is 8.11. The summed E-state index contributed by atoms with van der Waals surface area (Å²) in [6.45, 7) is 0.957. The quantitative estimate of drug-likeness (QED) is 0.870. The molecule has 0 aliphatic heterocycles. The van der Waals surface area contributed by atoms with Crippen LogP contribution >= 0.6 is 15.9 Å². The molecule has 2 fully saturated rings. The highest BCUT2D eigenvalue weighted by molar-refractivity contribution is 9.10. The summed E-state index contributed by atoms with van der Waals surface area (Å²) in [4.78, 5) is 22.9. The fourth-order valence-electron chi connectivity index (χ4n) is 3.13. The predicted octanol–water partition coefficient (Wildman–Crippen LogP) is 2.76. The van der Waals surface area contributed by atoms with Crippen molar-refractivity contribution in [3.63, 3.8) is 0 Å². The van der Waals surface area contributed by atoms with Crippen LogP contribution in [-0.4, -0.2) is 35.5 Å². The van der Waals surface area contributed by atoms with Crippen molar-refractivity contribution in [3.05, 3.63) is 16.9 Å². The van der Waals surface area contributed by atoms with E-state index in [1.807, 2.05) is 7.05 Å². The third-order valence-electron chi connectivity index (χ3n) is 4.62. The van der Waals surface area contributed by atoms with Gasteiger partial charge in [-0.3, -0.25) is 4.79 Å². The van der Waals surface area contributed by atoms with Crippen molar-refractivity contribution < 1.29 is 4.79 Å². The van der Waals surface area contributed by atoms with Crippen molar-refractivity contribution in [2.45, 2.75) is 44.6 Å². The minimum atomic E-state index is 0.228. The zero-order valence-electron chi connectivity index (χ0n) is 13.0. The highest BCUT2D eigenvalue weighted by atomic mass is 79.9. The van der Waals surface area contributed by atoms with E-state index in [0.29, 0.717) is 12.0 Å². The molecular formula is C16H23BrN4O. The molecule has 3 rings (SSSR count). The summed E-state index contributed by atoms with van der Waals surface area (Å²) < 4.78 is 0.895. The highest BCUT2D eigenvalue weighted by Gasteiger charge is 2.30. The summed E-state index contributed by atoms with van der Waals surface area (Å²) in [6.07, 6.45) is 10.1. The van der Waals surface area contributed by atoms with E-state index < -0.39 is 0 Å². The molecule has 0 spiro atoms. The number of carbonyl (C=O) groups excluding carboxylic acids is 1. The van der Waals surface area contributed by atoms with Crippen LogP contribution in [0, 0.1) is 11.8 Å². The van der Waals surface area contributed by atoms with Crippen molar-refractivity contribution in [1.82, 2.24) is 15.3 Å². The Morgan fingerprint density at radius 2 is 1.86 bits per heavy atom. The Kier molecular flexibility index (Phi) is 4.96. The van der Waals surface area contributed by atoms with E-state index in [1.54, 1.807) is 12.4 Å². The summed E-state index contributed by atoms with van der Waals surface area (Å²) >= 11 is 3.35. The number of nitrogens with zero attached hydrogens (tertiary/aromatic N) is 3. The summed E-state index contributed by atoms with van der Waals surface area (Å²) in [5, 5.41) is 3.14. The number of halogens is 1. The van der Waals surface area contributed by atoms with Gasteiger partial charge in [0.05, 0.1) is 4.47 Å². The molecule has 0 unspecified atom stereocenters. The maximum Gasteiger partial charge on any atom is 0.225 e. The molecule has 1 aromatic heterocycles. The minimum Gasteiger partial charge on any atom is -0.353 e. The third kappa shape index (κ3) is 4.18. The Morgan fingerprint density at radius 1 is 1.23 bits per heavy atom. The first kappa shape index (κ1) is 15.7. The first-order valence-corrected chi connectivity index (χ1v) is 8.90. The average Bonchev–Trinajstić information content (AvgIpc) is 3.32. The van der Waals surface area contributed by atoms with Gasteiger partial charge >= 0.3 is 0 Å². The van der Waals surface area contributed by atoms with Crippen LogP contribution in [0.15, 0.2) is 16.9 Å². The number of rotatable bonds is 5. The van der Waals surface area contributed by atoms with Gasteiger partial charge in [0.15, 0.2) is 0 Å². The normalized spacial score (nSPS) is 24.8. The van der Waals surface area contributed by atoms with Crippen LogP contribution in [0.1, 0.15) is 38.5 Å². The van der Waals surface area contributed by atoms with Gasteiger partial charge in [-0.15, -0.1) is 0 Å². The van der Waals surface area contributed by atoms with E-state index in [4.69, 9.17) is 0 Å². The second-order valence-corrected chi connectivity index (χ2v) is 7.50. The van der Waals surface area contributed by atoms with Crippen molar-refractivity contribution in [3.8, 4) is 0 Å².